The summed E-state index contributed by atoms with van der Waals surface area (Å²) in [5.41, 5.74) is 11.3. The highest BCUT2D eigenvalue weighted by atomic mass is 19.1. The number of aromatic nitrogens is 1. The number of halogens is 1. The molecule has 0 saturated heterocycles. The van der Waals surface area contributed by atoms with E-state index in [9.17, 15) is 9.18 Å². The van der Waals surface area contributed by atoms with Crippen molar-refractivity contribution < 1.29 is 9.18 Å². The first-order valence-corrected chi connectivity index (χ1v) is 10.7. The Balaban J connectivity index is 1.41. The molecule has 0 saturated carbocycles. The van der Waals surface area contributed by atoms with Gasteiger partial charge < -0.3 is 16.4 Å². The Morgan fingerprint density at radius 3 is 2.39 bits per heavy atom. The molecular weight excluding hydrogens is 415 g/mol. The number of nitrogens with zero attached hydrogens (tertiary/aromatic N) is 1. The molecule has 4 aromatic rings. The molecule has 0 aliphatic carbocycles. The van der Waals surface area contributed by atoms with Crippen LogP contribution in [0.4, 0.5) is 21.6 Å². The van der Waals surface area contributed by atoms with Crippen molar-refractivity contribution in [2.45, 2.75) is 13.3 Å². The summed E-state index contributed by atoms with van der Waals surface area (Å²) in [6.45, 7) is 2.65. The van der Waals surface area contributed by atoms with Crippen LogP contribution in [-0.2, 0) is 6.42 Å². The van der Waals surface area contributed by atoms with E-state index in [1.807, 2.05) is 61.5 Å². The van der Waals surface area contributed by atoms with Gasteiger partial charge in [-0.05, 0) is 72.6 Å². The standard InChI is InChI=1S/C27H25FN4O/c1-18-5-14-24(19-6-8-20(28)9-7-19)25(17-18)27(33)32-23-12-10-21(11-13-23)30-16-15-22-3-2-4-26(29)31-22/h2-14,17,30H,15-16H2,1H3,(H2,29,31)(H,32,33). The van der Waals surface area contributed by atoms with Gasteiger partial charge in [0.1, 0.15) is 11.6 Å². The molecule has 4 N–H and O–H groups in total. The zero-order chi connectivity index (χ0) is 23.2. The van der Waals surface area contributed by atoms with Crippen LogP contribution >= 0.6 is 0 Å². The SMILES string of the molecule is Cc1ccc(-c2ccc(F)cc2)c(C(=O)Nc2ccc(NCCc3cccc(N)n3)cc2)c1. The number of aryl methyl sites for hydroxylation is 1. The second-order valence-electron chi connectivity index (χ2n) is 7.82. The van der Waals surface area contributed by atoms with E-state index in [0.717, 1.165) is 34.5 Å². The third kappa shape index (κ3) is 5.74. The van der Waals surface area contributed by atoms with E-state index in [0.29, 0.717) is 23.6 Å². The van der Waals surface area contributed by atoms with Gasteiger partial charge in [0.05, 0.1) is 0 Å². The molecule has 0 aliphatic heterocycles. The van der Waals surface area contributed by atoms with Gasteiger partial charge in [0, 0.05) is 35.6 Å². The lowest BCUT2D eigenvalue weighted by atomic mass is 9.97. The van der Waals surface area contributed by atoms with Crippen LogP contribution in [0, 0.1) is 12.7 Å². The number of pyridine rings is 1. The highest BCUT2D eigenvalue weighted by Crippen LogP contribution is 2.26. The van der Waals surface area contributed by atoms with Crippen LogP contribution in [0.1, 0.15) is 21.6 Å². The molecule has 1 heterocycles. The average molecular weight is 441 g/mol. The molecule has 0 spiro atoms. The highest BCUT2D eigenvalue weighted by Gasteiger charge is 2.14. The molecule has 33 heavy (non-hydrogen) atoms. The fourth-order valence-corrected chi connectivity index (χ4v) is 3.57. The van der Waals surface area contributed by atoms with Crippen molar-refractivity contribution >= 4 is 23.1 Å². The zero-order valence-corrected chi connectivity index (χ0v) is 18.3. The van der Waals surface area contributed by atoms with E-state index in [1.165, 1.54) is 12.1 Å². The molecule has 4 rings (SSSR count). The van der Waals surface area contributed by atoms with Crippen LogP contribution in [0.3, 0.4) is 0 Å². The lowest BCUT2D eigenvalue weighted by molar-refractivity contribution is 0.102. The van der Waals surface area contributed by atoms with Crippen molar-refractivity contribution in [3.63, 3.8) is 0 Å². The molecule has 1 aromatic heterocycles. The van der Waals surface area contributed by atoms with Gasteiger partial charge in [-0.15, -0.1) is 0 Å². The Kier molecular flexibility index (Phi) is 6.64. The minimum Gasteiger partial charge on any atom is -0.385 e. The summed E-state index contributed by atoms with van der Waals surface area (Å²) in [4.78, 5) is 17.3. The molecule has 1 amide bonds. The van der Waals surface area contributed by atoms with E-state index < -0.39 is 0 Å². The molecule has 0 radical (unpaired) electrons. The van der Waals surface area contributed by atoms with Gasteiger partial charge in [-0.25, -0.2) is 9.37 Å². The number of benzene rings is 3. The van der Waals surface area contributed by atoms with E-state index in [2.05, 4.69) is 15.6 Å². The Hall–Kier alpha value is -4.19. The number of carbonyl (C=O) groups excluding carboxylic acids is 1. The number of carbonyl (C=O) groups is 1. The van der Waals surface area contributed by atoms with Gasteiger partial charge in [0.2, 0.25) is 0 Å². The summed E-state index contributed by atoms with van der Waals surface area (Å²) in [5.74, 6) is -0.00927. The fraction of sp³-hybridized carbons (Fsp3) is 0.111. The first kappa shape index (κ1) is 22.0. The first-order valence-electron chi connectivity index (χ1n) is 10.7. The molecular formula is C27H25FN4O. The van der Waals surface area contributed by atoms with Crippen molar-refractivity contribution in [1.29, 1.82) is 0 Å². The molecule has 6 heteroatoms. The van der Waals surface area contributed by atoms with Gasteiger partial charge in [-0.1, -0.05) is 35.9 Å². The number of hydrogen-bond donors (Lipinski definition) is 3. The number of anilines is 3. The molecule has 0 bridgehead atoms. The monoisotopic (exact) mass is 440 g/mol. The summed E-state index contributed by atoms with van der Waals surface area (Å²) in [6.07, 6.45) is 0.753. The number of nitrogen functional groups attached to an aromatic ring is 1. The summed E-state index contributed by atoms with van der Waals surface area (Å²) in [6, 6.07) is 25.0. The molecule has 0 unspecified atom stereocenters. The molecule has 0 atom stereocenters. The summed E-state index contributed by atoms with van der Waals surface area (Å²) in [5, 5.41) is 6.30. The molecule has 166 valence electrons. The van der Waals surface area contributed by atoms with Crippen LogP contribution in [0.15, 0.2) is 84.9 Å². The Morgan fingerprint density at radius 1 is 0.939 bits per heavy atom. The van der Waals surface area contributed by atoms with Crippen molar-refractivity contribution in [2.24, 2.45) is 0 Å². The second kappa shape index (κ2) is 9.96. The molecule has 0 aliphatic rings. The van der Waals surface area contributed by atoms with Crippen molar-refractivity contribution in [2.75, 3.05) is 22.9 Å². The van der Waals surface area contributed by atoms with E-state index >= 15 is 0 Å². The quantitative estimate of drug-likeness (QED) is 0.345. The van der Waals surface area contributed by atoms with Crippen LogP contribution < -0.4 is 16.4 Å². The Labute approximate surface area is 192 Å². The predicted molar refractivity (Wildman–Crippen MR) is 132 cm³/mol. The van der Waals surface area contributed by atoms with Crippen molar-refractivity contribution in [1.82, 2.24) is 4.98 Å². The molecule has 3 aromatic carbocycles. The number of nitrogens with one attached hydrogen (secondary N) is 2. The average Bonchev–Trinajstić information content (AvgIpc) is 2.81. The van der Waals surface area contributed by atoms with Gasteiger partial charge in [0.15, 0.2) is 0 Å². The van der Waals surface area contributed by atoms with Crippen molar-refractivity contribution in [3.8, 4) is 11.1 Å². The van der Waals surface area contributed by atoms with E-state index in [-0.39, 0.29) is 11.7 Å². The van der Waals surface area contributed by atoms with Gasteiger partial charge in [0.25, 0.3) is 5.91 Å². The number of rotatable bonds is 7. The second-order valence-corrected chi connectivity index (χ2v) is 7.82. The number of hydrogen-bond acceptors (Lipinski definition) is 4. The summed E-state index contributed by atoms with van der Waals surface area (Å²) in [7, 11) is 0. The highest BCUT2D eigenvalue weighted by molar-refractivity contribution is 6.08. The van der Waals surface area contributed by atoms with Gasteiger partial charge >= 0.3 is 0 Å². The maximum Gasteiger partial charge on any atom is 0.256 e. The topological polar surface area (TPSA) is 80.0 Å². The predicted octanol–water partition coefficient (Wildman–Crippen LogP) is 5.69. The van der Waals surface area contributed by atoms with Gasteiger partial charge in [-0.3, -0.25) is 4.79 Å². The first-order chi connectivity index (χ1) is 16.0. The maximum absolute atomic E-state index is 13.3. The molecule has 5 nitrogen and oxygen atoms in total. The number of nitrogens with two attached hydrogens (primary N) is 1. The minimum absolute atomic E-state index is 0.216. The van der Waals surface area contributed by atoms with Crippen LogP contribution in [0.2, 0.25) is 0 Å². The van der Waals surface area contributed by atoms with Crippen LogP contribution in [-0.4, -0.2) is 17.4 Å². The van der Waals surface area contributed by atoms with Crippen molar-refractivity contribution in [3.05, 3.63) is 108 Å². The van der Waals surface area contributed by atoms with Crippen LogP contribution in [0.25, 0.3) is 11.1 Å². The Morgan fingerprint density at radius 2 is 1.67 bits per heavy atom. The number of amides is 1. The van der Waals surface area contributed by atoms with Crippen LogP contribution in [0.5, 0.6) is 0 Å². The van der Waals surface area contributed by atoms with Gasteiger partial charge in [-0.2, -0.15) is 0 Å². The zero-order valence-electron chi connectivity index (χ0n) is 18.3. The van der Waals surface area contributed by atoms with E-state index in [1.54, 1.807) is 18.2 Å². The Bertz CT molecular complexity index is 1250. The maximum atomic E-state index is 13.3. The largest absolute Gasteiger partial charge is 0.385 e. The third-order valence-corrected chi connectivity index (χ3v) is 5.26. The van der Waals surface area contributed by atoms with E-state index in [4.69, 9.17) is 5.73 Å². The normalized spacial score (nSPS) is 10.6. The minimum atomic E-state index is -0.310. The summed E-state index contributed by atoms with van der Waals surface area (Å²) < 4.78 is 13.3. The molecule has 0 fully saturated rings. The smallest absolute Gasteiger partial charge is 0.256 e. The fourth-order valence-electron chi connectivity index (χ4n) is 3.57. The lowest BCUT2D eigenvalue weighted by Gasteiger charge is -2.12. The third-order valence-electron chi connectivity index (χ3n) is 5.26. The summed E-state index contributed by atoms with van der Waals surface area (Å²) >= 11 is 0. The lowest BCUT2D eigenvalue weighted by Crippen LogP contribution is -2.13.